The van der Waals surface area contributed by atoms with Crippen LogP contribution in [0.5, 0.6) is 0 Å². The van der Waals surface area contributed by atoms with E-state index in [1.807, 2.05) is 65.1 Å². The molecule has 1 aliphatic rings. The monoisotopic (exact) mass is 490 g/mol. The maximum atomic E-state index is 13.6. The van der Waals surface area contributed by atoms with Gasteiger partial charge < -0.3 is 19.7 Å². The maximum absolute atomic E-state index is 13.6. The average molecular weight is 491 g/mol. The summed E-state index contributed by atoms with van der Waals surface area (Å²) in [6, 6.07) is 17.7. The standard InChI is InChI=1S/C27H27FN4O2S/c1-18-3-9-23(10-4-18)29-27(34)31-13-12-30(16-19(31)2)25(33)24-15-21-11-14-35-26(21)32(24)17-20-5-7-22(28)8-6-20/h3-11,14-15,19H,12-13,16-17H2,1-2H3,(H,29,34). The van der Waals surface area contributed by atoms with Gasteiger partial charge in [0, 0.05) is 43.3 Å². The van der Waals surface area contributed by atoms with Crippen molar-refractivity contribution >= 4 is 39.2 Å². The number of fused-ring (bicyclic) bond motifs is 1. The van der Waals surface area contributed by atoms with Crippen LogP contribution in [-0.4, -0.2) is 52.0 Å². The molecule has 0 aliphatic carbocycles. The first-order valence-corrected chi connectivity index (χ1v) is 12.5. The number of aryl methyl sites for hydroxylation is 1. The van der Waals surface area contributed by atoms with Crippen LogP contribution in [-0.2, 0) is 6.54 Å². The molecule has 2 aromatic heterocycles. The largest absolute Gasteiger partial charge is 0.334 e. The molecule has 1 atom stereocenters. The van der Waals surface area contributed by atoms with Gasteiger partial charge in [-0.2, -0.15) is 0 Å². The molecule has 1 unspecified atom stereocenters. The van der Waals surface area contributed by atoms with Crippen LogP contribution in [0.25, 0.3) is 10.2 Å². The number of carbonyl (C=O) groups excluding carboxylic acids is 2. The van der Waals surface area contributed by atoms with Crippen LogP contribution in [0.3, 0.4) is 0 Å². The average Bonchev–Trinajstić information content (AvgIpc) is 3.44. The van der Waals surface area contributed by atoms with Crippen LogP contribution in [0.1, 0.15) is 28.5 Å². The molecule has 1 aliphatic heterocycles. The van der Waals surface area contributed by atoms with E-state index >= 15 is 0 Å². The third-order valence-electron chi connectivity index (χ3n) is 6.45. The lowest BCUT2D eigenvalue weighted by atomic mass is 10.1. The van der Waals surface area contributed by atoms with Crippen LogP contribution in [0, 0.1) is 12.7 Å². The van der Waals surface area contributed by atoms with E-state index in [4.69, 9.17) is 0 Å². The Kier molecular flexibility index (Phi) is 6.30. The number of hydrogen-bond donors (Lipinski definition) is 1. The van der Waals surface area contributed by atoms with Crippen molar-refractivity contribution in [3.05, 3.63) is 88.7 Å². The number of nitrogens with one attached hydrogen (secondary N) is 1. The number of piperazine rings is 1. The number of carbonyl (C=O) groups is 2. The third-order valence-corrected chi connectivity index (χ3v) is 7.41. The Morgan fingerprint density at radius 2 is 1.80 bits per heavy atom. The zero-order valence-corrected chi connectivity index (χ0v) is 20.5. The summed E-state index contributed by atoms with van der Waals surface area (Å²) < 4.78 is 15.4. The molecule has 0 bridgehead atoms. The second kappa shape index (κ2) is 9.54. The Labute approximate surface area is 207 Å². The van der Waals surface area contributed by atoms with Gasteiger partial charge in [-0.15, -0.1) is 11.3 Å². The number of rotatable bonds is 4. The van der Waals surface area contributed by atoms with Crippen molar-refractivity contribution in [1.82, 2.24) is 14.4 Å². The molecule has 0 spiro atoms. The van der Waals surface area contributed by atoms with Crippen molar-refractivity contribution in [2.24, 2.45) is 0 Å². The molecule has 3 heterocycles. The Morgan fingerprint density at radius 1 is 1.06 bits per heavy atom. The normalized spacial score (nSPS) is 16.0. The number of nitrogens with zero attached hydrogens (tertiary/aromatic N) is 3. The summed E-state index contributed by atoms with van der Waals surface area (Å²) in [5.41, 5.74) is 3.43. The number of aromatic nitrogens is 1. The molecule has 35 heavy (non-hydrogen) atoms. The Hall–Kier alpha value is -3.65. The van der Waals surface area contributed by atoms with Crippen LogP contribution >= 0.6 is 11.3 Å². The van der Waals surface area contributed by atoms with Crippen molar-refractivity contribution in [2.75, 3.05) is 25.0 Å². The second-order valence-electron chi connectivity index (χ2n) is 9.01. The molecule has 0 saturated carbocycles. The maximum Gasteiger partial charge on any atom is 0.322 e. The van der Waals surface area contributed by atoms with Gasteiger partial charge in [-0.05, 0) is 61.2 Å². The van der Waals surface area contributed by atoms with E-state index in [-0.39, 0.29) is 23.8 Å². The SMILES string of the molecule is Cc1ccc(NC(=O)N2CCN(C(=O)c3cc4ccsc4n3Cc3ccc(F)cc3)CC2C)cc1. The van der Waals surface area contributed by atoms with Crippen molar-refractivity contribution in [3.8, 4) is 0 Å². The van der Waals surface area contributed by atoms with Crippen molar-refractivity contribution in [3.63, 3.8) is 0 Å². The Bertz CT molecular complexity index is 1360. The number of thiophene rings is 1. The third kappa shape index (κ3) is 4.79. The fourth-order valence-electron chi connectivity index (χ4n) is 4.52. The first-order valence-electron chi connectivity index (χ1n) is 11.6. The summed E-state index contributed by atoms with van der Waals surface area (Å²) in [4.78, 5) is 31.1. The first kappa shape index (κ1) is 23.1. The minimum Gasteiger partial charge on any atom is -0.334 e. The Morgan fingerprint density at radius 3 is 2.51 bits per heavy atom. The summed E-state index contributed by atoms with van der Waals surface area (Å²) >= 11 is 1.58. The number of anilines is 1. The fourth-order valence-corrected chi connectivity index (χ4v) is 5.42. The molecule has 5 rings (SSSR count). The van der Waals surface area contributed by atoms with Gasteiger partial charge in [0.25, 0.3) is 5.91 Å². The summed E-state index contributed by atoms with van der Waals surface area (Å²) in [6.45, 7) is 5.82. The van der Waals surface area contributed by atoms with Crippen molar-refractivity contribution < 1.29 is 14.0 Å². The summed E-state index contributed by atoms with van der Waals surface area (Å²) in [5.74, 6) is -0.335. The highest BCUT2D eigenvalue weighted by atomic mass is 32.1. The lowest BCUT2D eigenvalue weighted by Crippen LogP contribution is -2.56. The van der Waals surface area contributed by atoms with E-state index in [0.717, 1.165) is 27.0 Å². The van der Waals surface area contributed by atoms with Crippen LogP contribution in [0.4, 0.5) is 14.9 Å². The molecular formula is C27H27FN4O2S. The number of urea groups is 1. The van der Waals surface area contributed by atoms with Gasteiger partial charge in [-0.1, -0.05) is 29.8 Å². The van der Waals surface area contributed by atoms with Crippen LogP contribution < -0.4 is 5.32 Å². The van der Waals surface area contributed by atoms with E-state index in [1.165, 1.54) is 12.1 Å². The molecule has 2 aromatic carbocycles. The highest BCUT2D eigenvalue weighted by Crippen LogP contribution is 2.28. The topological polar surface area (TPSA) is 57.6 Å². The number of amides is 3. The van der Waals surface area contributed by atoms with E-state index in [9.17, 15) is 14.0 Å². The van der Waals surface area contributed by atoms with Crippen molar-refractivity contribution in [1.29, 1.82) is 0 Å². The minimum absolute atomic E-state index is 0.0547. The quantitative estimate of drug-likeness (QED) is 0.406. The highest BCUT2D eigenvalue weighted by Gasteiger charge is 2.32. The predicted molar refractivity (Wildman–Crippen MR) is 138 cm³/mol. The molecular weight excluding hydrogens is 463 g/mol. The van der Waals surface area contributed by atoms with Gasteiger partial charge >= 0.3 is 6.03 Å². The lowest BCUT2D eigenvalue weighted by Gasteiger charge is -2.39. The molecule has 1 saturated heterocycles. The van der Waals surface area contributed by atoms with Crippen molar-refractivity contribution in [2.45, 2.75) is 26.4 Å². The van der Waals surface area contributed by atoms with Gasteiger partial charge in [-0.3, -0.25) is 4.79 Å². The van der Waals surface area contributed by atoms with Crippen LogP contribution in [0.15, 0.2) is 66.0 Å². The zero-order valence-electron chi connectivity index (χ0n) is 19.7. The first-order chi connectivity index (χ1) is 16.9. The van der Waals surface area contributed by atoms with E-state index in [2.05, 4.69) is 5.32 Å². The number of halogens is 1. The lowest BCUT2D eigenvalue weighted by molar-refractivity contribution is 0.0583. The van der Waals surface area contributed by atoms with Gasteiger partial charge in [0.1, 0.15) is 16.3 Å². The summed E-state index contributed by atoms with van der Waals surface area (Å²) in [5, 5.41) is 5.98. The molecule has 8 heteroatoms. The number of benzene rings is 2. The highest BCUT2D eigenvalue weighted by molar-refractivity contribution is 7.16. The smallest absolute Gasteiger partial charge is 0.322 e. The minimum atomic E-state index is -0.280. The molecule has 1 fully saturated rings. The molecule has 4 aromatic rings. The van der Waals surface area contributed by atoms with Gasteiger partial charge in [0.05, 0.1) is 0 Å². The number of hydrogen-bond acceptors (Lipinski definition) is 3. The summed E-state index contributed by atoms with van der Waals surface area (Å²) in [7, 11) is 0. The predicted octanol–water partition coefficient (Wildman–Crippen LogP) is 5.58. The van der Waals surface area contributed by atoms with E-state index in [1.54, 1.807) is 28.4 Å². The summed E-state index contributed by atoms with van der Waals surface area (Å²) in [6.07, 6.45) is 0. The van der Waals surface area contributed by atoms with Crippen LogP contribution in [0.2, 0.25) is 0 Å². The molecule has 3 amide bonds. The molecule has 6 nitrogen and oxygen atoms in total. The van der Waals surface area contributed by atoms with Gasteiger partial charge in [-0.25, -0.2) is 9.18 Å². The fraction of sp³-hybridized carbons (Fsp3) is 0.259. The van der Waals surface area contributed by atoms with E-state index < -0.39 is 0 Å². The molecule has 0 radical (unpaired) electrons. The molecule has 1 N–H and O–H groups in total. The van der Waals surface area contributed by atoms with E-state index in [0.29, 0.717) is 31.9 Å². The van der Waals surface area contributed by atoms with Gasteiger partial charge in [0.15, 0.2) is 0 Å². The second-order valence-corrected chi connectivity index (χ2v) is 9.91. The molecule has 180 valence electrons. The zero-order chi connectivity index (χ0) is 24.5. The van der Waals surface area contributed by atoms with Gasteiger partial charge in [0.2, 0.25) is 0 Å². The Balaban J connectivity index is 1.31.